The van der Waals surface area contributed by atoms with Crippen LogP contribution in [0.3, 0.4) is 0 Å². The molecule has 1 aromatic carbocycles. The molecule has 1 saturated carbocycles. The number of phenolic OH excluding ortho intramolecular Hbond substituents is 1. The summed E-state index contributed by atoms with van der Waals surface area (Å²) in [6, 6.07) is 5.95. The van der Waals surface area contributed by atoms with Crippen molar-refractivity contribution in [3.8, 4) is 28.3 Å². The number of nitrogens with zero attached hydrogens (tertiary/aromatic N) is 5. The average Bonchev–Trinajstić information content (AvgIpc) is 3.02. The number of alkyl halides is 1. The fourth-order valence-electron chi connectivity index (χ4n) is 5.30. The second kappa shape index (κ2) is 12.4. The Morgan fingerprint density at radius 1 is 1.13 bits per heavy atom. The normalized spacial score (nSPS) is 21.9. The highest BCUT2D eigenvalue weighted by atomic mass is 32.3. The van der Waals surface area contributed by atoms with Crippen LogP contribution in [0.25, 0.3) is 22.5 Å². The van der Waals surface area contributed by atoms with Crippen LogP contribution in [-0.2, 0) is 0 Å². The molecule has 3 aromatic rings. The molecule has 1 aliphatic rings. The van der Waals surface area contributed by atoms with Crippen molar-refractivity contribution >= 4 is 55.5 Å². The van der Waals surface area contributed by atoms with Crippen molar-refractivity contribution in [2.75, 3.05) is 11.9 Å². The molecule has 0 bridgehead atoms. The highest BCUT2D eigenvalue weighted by molar-refractivity contribution is 8.36. The molecule has 0 spiro atoms. The Kier molecular flexibility index (Phi) is 9.60. The van der Waals surface area contributed by atoms with Crippen molar-refractivity contribution in [2.24, 2.45) is 5.41 Å². The number of aromatic nitrogens is 4. The summed E-state index contributed by atoms with van der Waals surface area (Å²) in [6.45, 7) is 4.15. The van der Waals surface area contributed by atoms with Crippen LogP contribution in [0.4, 0.5) is 14.6 Å². The Hall–Kier alpha value is -1.76. The third kappa shape index (κ3) is 7.12. The van der Waals surface area contributed by atoms with E-state index in [0.717, 1.165) is 56.5 Å². The van der Waals surface area contributed by atoms with Crippen molar-refractivity contribution in [3.05, 3.63) is 42.5 Å². The topological polar surface area (TPSA) is 75.0 Å². The fraction of sp³-hybridized carbons (Fsp3) is 0.481. The summed E-state index contributed by atoms with van der Waals surface area (Å²) < 4.78 is 29.4. The van der Waals surface area contributed by atoms with Gasteiger partial charge in [-0.3, -0.25) is 0 Å². The van der Waals surface area contributed by atoms with Crippen molar-refractivity contribution in [2.45, 2.75) is 72.4 Å². The molecule has 1 aliphatic carbocycles. The summed E-state index contributed by atoms with van der Waals surface area (Å²) in [6.07, 6.45) is 7.07. The van der Waals surface area contributed by atoms with Crippen molar-refractivity contribution < 1.29 is 13.9 Å². The summed E-state index contributed by atoms with van der Waals surface area (Å²) in [5.74, 6) is 0.0113. The Balaban J connectivity index is 1.55. The lowest BCUT2D eigenvalue weighted by molar-refractivity contribution is 0.0868. The van der Waals surface area contributed by atoms with Gasteiger partial charge in [0, 0.05) is 18.0 Å². The van der Waals surface area contributed by atoms with Gasteiger partial charge in [-0.1, -0.05) is 50.9 Å². The summed E-state index contributed by atoms with van der Waals surface area (Å²) in [5, 5.41) is 19.8. The SMILES string of the molecule is CCC[C@]1(C)CCCC[C@H](N(C)c2cnc(-c3ccc(-c4cc(SC(S)(S)S)ncc4F)cc3O)nn2)[C@@H]1F. The minimum Gasteiger partial charge on any atom is -0.507 e. The van der Waals surface area contributed by atoms with Crippen LogP contribution in [-0.4, -0.2) is 47.3 Å². The van der Waals surface area contributed by atoms with Crippen LogP contribution in [0.2, 0.25) is 0 Å². The first kappa shape index (κ1) is 30.2. The Morgan fingerprint density at radius 3 is 2.54 bits per heavy atom. The Bertz CT molecular complexity index is 1290. The molecule has 0 radical (unpaired) electrons. The van der Waals surface area contributed by atoms with Crippen molar-refractivity contribution in [3.63, 3.8) is 0 Å². The van der Waals surface area contributed by atoms with E-state index < -0.39 is 14.7 Å². The number of hydrogen-bond acceptors (Lipinski definition) is 10. The lowest BCUT2D eigenvalue weighted by Gasteiger charge is -2.39. The van der Waals surface area contributed by atoms with Crippen LogP contribution in [0.5, 0.6) is 5.75 Å². The minimum atomic E-state index is -0.991. The van der Waals surface area contributed by atoms with Gasteiger partial charge in [0.2, 0.25) is 0 Å². The molecule has 1 N–H and O–H groups in total. The van der Waals surface area contributed by atoms with Gasteiger partial charge < -0.3 is 10.0 Å². The van der Waals surface area contributed by atoms with E-state index in [2.05, 4.69) is 71.9 Å². The van der Waals surface area contributed by atoms with Gasteiger partial charge in [-0.05, 0) is 43.0 Å². The number of halogens is 2. The summed E-state index contributed by atoms with van der Waals surface area (Å²) in [4.78, 5) is 10.3. The molecule has 210 valence electrons. The first-order valence-corrected chi connectivity index (χ1v) is 15.0. The van der Waals surface area contributed by atoms with Crippen LogP contribution < -0.4 is 4.90 Å². The van der Waals surface area contributed by atoms with Crippen molar-refractivity contribution in [1.82, 2.24) is 20.2 Å². The summed E-state index contributed by atoms with van der Waals surface area (Å²) >= 11 is 13.8. The molecule has 0 aliphatic heterocycles. The number of pyridine rings is 1. The molecule has 12 heteroatoms. The van der Waals surface area contributed by atoms with E-state index >= 15 is 4.39 Å². The lowest BCUT2D eigenvalue weighted by Crippen LogP contribution is -2.46. The predicted molar refractivity (Wildman–Crippen MR) is 164 cm³/mol. The van der Waals surface area contributed by atoms with Crippen LogP contribution in [0.1, 0.15) is 52.4 Å². The fourth-order valence-corrected chi connectivity index (χ4v) is 6.71. The number of rotatable bonds is 8. The quantitative estimate of drug-likeness (QED) is 0.0914. The molecule has 2 heterocycles. The Labute approximate surface area is 249 Å². The first-order valence-electron chi connectivity index (χ1n) is 12.8. The maximum Gasteiger partial charge on any atom is 0.185 e. The number of aromatic hydroxyl groups is 1. The number of hydrogen-bond donors (Lipinski definition) is 4. The molecule has 4 rings (SSSR count). The standard InChI is InChI=1S/C27H33F2N5OS4/c1-4-10-26(2)11-6-5-7-20(24(26)29)34(3)22-15-31-25(33-32-22)17-9-8-16(12-21(17)35)18-13-23(30-14-19(18)28)39-27(36,37)38/h8-9,12-15,20,24,35-38H,4-7,10-11H2,1-3H3/t20-,24-,26+/m0/s1. The molecule has 6 nitrogen and oxygen atoms in total. The molecule has 1 fully saturated rings. The molecular formula is C27H33F2N5OS4. The van der Waals surface area contributed by atoms with E-state index in [9.17, 15) is 9.50 Å². The van der Waals surface area contributed by atoms with Crippen LogP contribution >= 0.6 is 49.6 Å². The molecule has 3 atom stereocenters. The van der Waals surface area contributed by atoms with Crippen molar-refractivity contribution in [1.29, 1.82) is 0 Å². The molecule has 0 unspecified atom stereocenters. The van der Waals surface area contributed by atoms with Gasteiger partial charge in [-0.25, -0.2) is 18.7 Å². The zero-order chi connectivity index (χ0) is 28.4. The lowest BCUT2D eigenvalue weighted by atomic mass is 9.76. The van der Waals surface area contributed by atoms with Gasteiger partial charge in [0.05, 0.1) is 29.0 Å². The second-order valence-electron chi connectivity index (χ2n) is 10.3. The molecule has 0 saturated heterocycles. The smallest absolute Gasteiger partial charge is 0.185 e. The molecule has 0 amide bonds. The summed E-state index contributed by atoms with van der Waals surface area (Å²) in [5.41, 5.74) is 0.686. The van der Waals surface area contributed by atoms with E-state index in [1.165, 1.54) is 6.07 Å². The molecule has 39 heavy (non-hydrogen) atoms. The van der Waals surface area contributed by atoms with Gasteiger partial charge in [-0.15, -0.1) is 48.1 Å². The Morgan fingerprint density at radius 2 is 1.90 bits per heavy atom. The third-order valence-corrected chi connectivity index (χ3v) is 8.88. The number of benzene rings is 1. The van der Waals surface area contributed by atoms with E-state index in [1.54, 1.807) is 24.4 Å². The molecular weight excluding hydrogens is 577 g/mol. The number of anilines is 1. The minimum absolute atomic E-state index is 0.129. The third-order valence-electron chi connectivity index (χ3n) is 7.35. The predicted octanol–water partition coefficient (Wildman–Crippen LogP) is 7.46. The second-order valence-corrected chi connectivity index (χ2v) is 15.5. The van der Waals surface area contributed by atoms with Gasteiger partial charge in [0.15, 0.2) is 14.4 Å². The van der Waals surface area contributed by atoms with E-state index in [1.807, 2.05) is 11.9 Å². The first-order chi connectivity index (χ1) is 18.4. The maximum atomic E-state index is 15.8. The van der Waals surface area contributed by atoms with Gasteiger partial charge in [0.25, 0.3) is 0 Å². The zero-order valence-corrected chi connectivity index (χ0v) is 25.6. The highest BCUT2D eigenvalue weighted by Crippen LogP contribution is 2.44. The maximum absolute atomic E-state index is 15.8. The average molecular weight is 610 g/mol. The summed E-state index contributed by atoms with van der Waals surface area (Å²) in [7, 11) is 1.83. The van der Waals surface area contributed by atoms with Gasteiger partial charge >= 0.3 is 0 Å². The largest absolute Gasteiger partial charge is 0.507 e. The van der Waals surface area contributed by atoms with E-state index in [-0.39, 0.29) is 28.6 Å². The van der Waals surface area contributed by atoms with Gasteiger partial charge in [0.1, 0.15) is 17.7 Å². The number of phenols is 1. The monoisotopic (exact) mass is 609 g/mol. The number of thioether (sulfide) groups is 1. The van der Waals surface area contributed by atoms with Gasteiger partial charge in [-0.2, -0.15) is 0 Å². The number of thiol groups is 3. The molecule has 2 aromatic heterocycles. The van der Waals surface area contributed by atoms with Crippen LogP contribution in [0.15, 0.2) is 41.7 Å². The van der Waals surface area contributed by atoms with E-state index in [4.69, 9.17) is 0 Å². The van der Waals surface area contributed by atoms with Crippen LogP contribution in [0, 0.1) is 11.2 Å². The zero-order valence-electron chi connectivity index (χ0n) is 22.1. The van der Waals surface area contributed by atoms with E-state index in [0.29, 0.717) is 22.0 Å². The highest BCUT2D eigenvalue weighted by Gasteiger charge is 2.42.